The van der Waals surface area contributed by atoms with Gasteiger partial charge in [-0.25, -0.2) is 4.98 Å². The minimum absolute atomic E-state index is 0.246. The number of nitrogens with zero attached hydrogens (tertiary/aromatic N) is 3. The predicted octanol–water partition coefficient (Wildman–Crippen LogP) is 1.95. The highest BCUT2D eigenvalue weighted by molar-refractivity contribution is 5.79. The zero-order chi connectivity index (χ0) is 22.5. The molecule has 0 radical (unpaired) electrons. The van der Waals surface area contributed by atoms with Crippen molar-refractivity contribution in [3.8, 4) is 0 Å². The van der Waals surface area contributed by atoms with Crippen molar-refractivity contribution in [1.29, 1.82) is 0 Å². The molecule has 1 heterocycles. The summed E-state index contributed by atoms with van der Waals surface area (Å²) < 4.78 is 52.6. The van der Waals surface area contributed by atoms with E-state index < -0.39 is 24.0 Å². The summed E-state index contributed by atoms with van der Waals surface area (Å²) in [7, 11) is 1.41. The number of ether oxygens (including phenoxy) is 2. The highest BCUT2D eigenvalue weighted by Crippen LogP contribution is 2.40. The van der Waals surface area contributed by atoms with Crippen LogP contribution in [0.3, 0.4) is 0 Å². The van der Waals surface area contributed by atoms with E-state index in [1.165, 1.54) is 19.4 Å². The normalized spacial score (nSPS) is 14.6. The molecule has 0 amide bonds. The molecule has 1 atom stereocenters. The van der Waals surface area contributed by atoms with E-state index in [0.29, 0.717) is 38.9 Å². The van der Waals surface area contributed by atoms with Crippen LogP contribution in [0.5, 0.6) is 0 Å². The van der Waals surface area contributed by atoms with E-state index in [-0.39, 0.29) is 6.54 Å². The third-order valence-corrected chi connectivity index (χ3v) is 4.30. The Hall–Kier alpha value is -1.85. The predicted molar refractivity (Wildman–Crippen MR) is 108 cm³/mol. The Bertz CT molecular complexity index is 625. The van der Waals surface area contributed by atoms with E-state index in [4.69, 9.17) is 9.47 Å². The highest BCUT2D eigenvalue weighted by Gasteiger charge is 2.57. The number of hydrogen-bond donors (Lipinski definition) is 3. The van der Waals surface area contributed by atoms with E-state index >= 15 is 0 Å². The number of alkyl halides is 3. The van der Waals surface area contributed by atoms with Gasteiger partial charge in [-0.3, -0.25) is 4.99 Å². The van der Waals surface area contributed by atoms with E-state index in [1.54, 1.807) is 0 Å². The van der Waals surface area contributed by atoms with Crippen molar-refractivity contribution in [3.05, 3.63) is 18.2 Å². The third-order valence-electron chi connectivity index (χ3n) is 4.30. The van der Waals surface area contributed by atoms with Crippen molar-refractivity contribution >= 4 is 5.96 Å². The first kappa shape index (κ1) is 26.2. The summed E-state index contributed by atoms with van der Waals surface area (Å²) >= 11 is 0. The van der Waals surface area contributed by atoms with Crippen molar-refractivity contribution in [2.75, 3.05) is 46.1 Å². The molecule has 0 aliphatic rings. The van der Waals surface area contributed by atoms with Crippen molar-refractivity contribution in [2.24, 2.45) is 12.0 Å². The van der Waals surface area contributed by atoms with Crippen molar-refractivity contribution < 1.29 is 27.8 Å². The molecule has 8 nitrogen and oxygen atoms in total. The Morgan fingerprint density at radius 1 is 1.17 bits per heavy atom. The van der Waals surface area contributed by atoms with Gasteiger partial charge in [-0.1, -0.05) is 13.3 Å². The number of aliphatic hydroxyl groups is 1. The van der Waals surface area contributed by atoms with Crippen LogP contribution >= 0.6 is 0 Å². The molecule has 11 heteroatoms. The number of hydrogen-bond acceptors (Lipinski definition) is 5. The quantitative estimate of drug-likeness (QED) is 0.234. The van der Waals surface area contributed by atoms with Gasteiger partial charge < -0.3 is 29.8 Å². The minimum atomic E-state index is -4.87. The monoisotopic (exact) mass is 437 g/mol. The summed E-state index contributed by atoms with van der Waals surface area (Å²) in [4.78, 5) is 7.81. The molecule has 1 aromatic rings. The second-order valence-corrected chi connectivity index (χ2v) is 6.74. The second kappa shape index (κ2) is 13.5. The molecular formula is C19H34F3N5O3. The van der Waals surface area contributed by atoms with Gasteiger partial charge in [0.1, 0.15) is 5.82 Å². The van der Waals surface area contributed by atoms with Gasteiger partial charge in [0.2, 0.25) is 5.60 Å². The lowest BCUT2D eigenvalue weighted by Crippen LogP contribution is -2.45. The molecule has 1 aromatic heterocycles. The molecule has 0 aromatic carbocycles. The van der Waals surface area contributed by atoms with Crippen LogP contribution in [-0.4, -0.2) is 72.9 Å². The molecule has 30 heavy (non-hydrogen) atoms. The number of imidazole rings is 1. The molecule has 0 saturated carbocycles. The van der Waals surface area contributed by atoms with Crippen LogP contribution in [0.4, 0.5) is 13.2 Å². The summed E-state index contributed by atoms with van der Waals surface area (Å²) in [5.74, 6) is -0.109. The number of aromatic nitrogens is 2. The number of aryl methyl sites for hydroxylation is 1. The zero-order valence-corrected chi connectivity index (χ0v) is 18.0. The van der Waals surface area contributed by atoms with Gasteiger partial charge in [0.05, 0.1) is 19.8 Å². The lowest BCUT2D eigenvalue weighted by atomic mass is 9.98. The molecule has 3 N–H and O–H groups in total. The molecule has 0 fully saturated rings. The Labute approximate surface area is 175 Å². The lowest BCUT2D eigenvalue weighted by Gasteiger charge is -2.29. The summed E-state index contributed by atoms with van der Waals surface area (Å²) in [6.07, 6.45) is -0.845. The number of rotatable bonds is 14. The summed E-state index contributed by atoms with van der Waals surface area (Å²) in [5.41, 5.74) is -3.08. The van der Waals surface area contributed by atoms with Gasteiger partial charge in [0, 0.05) is 52.1 Å². The third kappa shape index (κ3) is 8.49. The van der Waals surface area contributed by atoms with Gasteiger partial charge in [-0.15, -0.1) is 0 Å². The van der Waals surface area contributed by atoms with E-state index in [9.17, 15) is 18.3 Å². The molecule has 1 rings (SSSR count). The maximum absolute atomic E-state index is 13.5. The molecule has 0 saturated heterocycles. The number of unbranched alkanes of at least 4 members (excludes halogenated alkanes) is 1. The highest BCUT2D eigenvalue weighted by atomic mass is 19.4. The summed E-state index contributed by atoms with van der Waals surface area (Å²) in [6.45, 7) is 6.80. The summed E-state index contributed by atoms with van der Waals surface area (Å²) in [5, 5.41) is 16.3. The van der Waals surface area contributed by atoms with E-state index in [0.717, 1.165) is 24.0 Å². The van der Waals surface area contributed by atoms with Crippen molar-refractivity contribution in [3.63, 3.8) is 0 Å². The number of halogens is 3. The second-order valence-electron chi connectivity index (χ2n) is 6.74. The van der Waals surface area contributed by atoms with Gasteiger partial charge in [-0.2, -0.15) is 13.2 Å². The van der Waals surface area contributed by atoms with Crippen LogP contribution in [0, 0.1) is 0 Å². The summed E-state index contributed by atoms with van der Waals surface area (Å²) in [6, 6.07) is 0. The van der Waals surface area contributed by atoms with Gasteiger partial charge >= 0.3 is 6.18 Å². The van der Waals surface area contributed by atoms with Crippen LogP contribution in [0.2, 0.25) is 0 Å². The molecule has 0 bridgehead atoms. The van der Waals surface area contributed by atoms with Crippen LogP contribution in [0.25, 0.3) is 0 Å². The first-order chi connectivity index (χ1) is 14.3. The Morgan fingerprint density at radius 2 is 1.87 bits per heavy atom. The Morgan fingerprint density at radius 3 is 2.43 bits per heavy atom. The fourth-order valence-corrected chi connectivity index (χ4v) is 2.63. The average Bonchev–Trinajstić information content (AvgIpc) is 3.12. The minimum Gasteiger partial charge on any atom is -0.379 e. The topological polar surface area (TPSA) is 92.9 Å². The zero-order valence-electron chi connectivity index (χ0n) is 18.0. The SMILES string of the molecule is CCCCOCCOCCNC(=NCCC(O)(c1nccn1C)C(F)(F)F)NCC. The molecule has 1 unspecified atom stereocenters. The van der Waals surface area contributed by atoms with E-state index in [1.807, 2.05) is 6.92 Å². The van der Waals surface area contributed by atoms with Crippen LogP contribution in [0.15, 0.2) is 17.4 Å². The van der Waals surface area contributed by atoms with Gasteiger partial charge in [0.15, 0.2) is 5.96 Å². The molecule has 0 spiro atoms. The van der Waals surface area contributed by atoms with Crippen LogP contribution in [-0.2, 0) is 22.1 Å². The standard InChI is InChI=1S/C19H34F3N5O3/c1-4-6-12-29-14-15-30-13-10-26-17(23-5-2)25-8-7-18(28,19(20,21)22)16-24-9-11-27(16)3/h9,11,28H,4-8,10,12-15H2,1-3H3,(H2,23,25,26). The van der Waals surface area contributed by atoms with Gasteiger partial charge in [-0.05, 0) is 13.3 Å². The first-order valence-corrected chi connectivity index (χ1v) is 10.2. The smallest absolute Gasteiger partial charge is 0.379 e. The van der Waals surface area contributed by atoms with Crippen molar-refractivity contribution in [1.82, 2.24) is 20.2 Å². The van der Waals surface area contributed by atoms with Crippen LogP contribution < -0.4 is 10.6 Å². The first-order valence-electron chi connectivity index (χ1n) is 10.2. The van der Waals surface area contributed by atoms with Crippen LogP contribution in [0.1, 0.15) is 38.9 Å². The fourth-order valence-electron chi connectivity index (χ4n) is 2.63. The number of nitrogens with one attached hydrogen (secondary N) is 2. The maximum atomic E-state index is 13.5. The maximum Gasteiger partial charge on any atom is 0.424 e. The lowest BCUT2D eigenvalue weighted by molar-refractivity contribution is -0.272. The number of guanidine groups is 1. The van der Waals surface area contributed by atoms with Crippen molar-refractivity contribution in [2.45, 2.75) is 44.9 Å². The molecular weight excluding hydrogens is 403 g/mol. The molecule has 0 aliphatic carbocycles. The fraction of sp³-hybridized carbons (Fsp3) is 0.789. The largest absolute Gasteiger partial charge is 0.424 e. The Balaban J connectivity index is 2.50. The Kier molecular flexibility index (Phi) is 11.7. The average molecular weight is 438 g/mol. The number of aliphatic imine (C=N–C) groups is 1. The molecule has 174 valence electrons. The molecule has 0 aliphatic heterocycles. The van der Waals surface area contributed by atoms with Gasteiger partial charge in [0.25, 0.3) is 0 Å². The van der Waals surface area contributed by atoms with E-state index in [2.05, 4.69) is 27.5 Å².